The van der Waals surface area contributed by atoms with Gasteiger partial charge in [-0.25, -0.2) is 9.18 Å². The zero-order chi connectivity index (χ0) is 16.7. The monoisotopic (exact) mass is 381 g/mol. The van der Waals surface area contributed by atoms with E-state index in [1.807, 2.05) is 0 Å². The third-order valence-corrected chi connectivity index (χ3v) is 3.24. The van der Waals surface area contributed by atoms with Gasteiger partial charge >= 0.3 is 5.97 Å². The smallest absolute Gasteiger partial charge is 0.331 e. The van der Waals surface area contributed by atoms with Crippen LogP contribution in [0.2, 0.25) is 0 Å². The summed E-state index contributed by atoms with van der Waals surface area (Å²) in [4.78, 5) is 23.0. The molecule has 2 rings (SSSR count). The zero-order valence-electron chi connectivity index (χ0n) is 11.9. The van der Waals surface area contributed by atoms with Gasteiger partial charge in [0, 0.05) is 16.1 Å². The van der Waals surface area contributed by atoms with Gasteiger partial charge in [0.1, 0.15) is 11.6 Å². The molecule has 5 nitrogen and oxygen atoms in total. The van der Waals surface area contributed by atoms with Crippen molar-refractivity contribution in [2.24, 2.45) is 0 Å². The minimum absolute atomic E-state index is 0.211. The molecule has 2 aromatic rings. The Labute approximate surface area is 140 Å². The highest BCUT2D eigenvalue weighted by atomic mass is 79.9. The second-order valence-corrected chi connectivity index (χ2v) is 5.38. The fourth-order valence-electron chi connectivity index (χ4n) is 1.63. The summed E-state index contributed by atoms with van der Waals surface area (Å²) in [5, 5.41) is 2.53. The number of benzene rings is 1. The number of halogens is 2. The second-order valence-electron chi connectivity index (χ2n) is 4.46. The van der Waals surface area contributed by atoms with Crippen LogP contribution in [0.25, 0.3) is 6.08 Å². The largest absolute Gasteiger partial charge is 0.467 e. The lowest BCUT2D eigenvalue weighted by atomic mass is 10.2. The molecule has 1 aromatic heterocycles. The van der Waals surface area contributed by atoms with Crippen LogP contribution in [-0.4, -0.2) is 18.5 Å². The molecule has 0 aliphatic heterocycles. The van der Waals surface area contributed by atoms with Crippen molar-refractivity contribution in [3.05, 3.63) is 64.3 Å². The third kappa shape index (κ3) is 5.71. The number of hydrogen-bond donors (Lipinski definition) is 1. The van der Waals surface area contributed by atoms with Crippen molar-refractivity contribution < 1.29 is 23.1 Å². The van der Waals surface area contributed by atoms with E-state index in [1.165, 1.54) is 24.5 Å². The molecule has 23 heavy (non-hydrogen) atoms. The number of hydrogen-bond acceptors (Lipinski definition) is 4. The summed E-state index contributed by atoms with van der Waals surface area (Å²) in [7, 11) is 0. The lowest BCUT2D eigenvalue weighted by Crippen LogP contribution is -2.27. The average molecular weight is 382 g/mol. The van der Waals surface area contributed by atoms with Crippen molar-refractivity contribution in [2.45, 2.75) is 6.54 Å². The van der Waals surface area contributed by atoms with Crippen LogP contribution in [0.15, 0.2) is 51.6 Å². The van der Waals surface area contributed by atoms with Gasteiger partial charge in [-0.1, -0.05) is 15.9 Å². The molecule has 1 aromatic carbocycles. The Morgan fingerprint density at radius 3 is 2.91 bits per heavy atom. The van der Waals surface area contributed by atoms with Crippen molar-refractivity contribution in [3.63, 3.8) is 0 Å². The highest BCUT2D eigenvalue weighted by molar-refractivity contribution is 9.10. The highest BCUT2D eigenvalue weighted by Gasteiger charge is 2.06. The van der Waals surface area contributed by atoms with Gasteiger partial charge in [-0.05, 0) is 36.4 Å². The summed E-state index contributed by atoms with van der Waals surface area (Å²) in [5.41, 5.74) is 0.235. The molecule has 0 unspecified atom stereocenters. The summed E-state index contributed by atoms with van der Waals surface area (Å²) in [5.74, 6) is -1.07. The van der Waals surface area contributed by atoms with Crippen LogP contribution in [0.5, 0.6) is 0 Å². The third-order valence-electron chi connectivity index (χ3n) is 2.74. The van der Waals surface area contributed by atoms with E-state index in [0.29, 0.717) is 10.2 Å². The molecular formula is C16H13BrFNO4. The molecule has 0 aliphatic carbocycles. The molecule has 7 heteroatoms. The Morgan fingerprint density at radius 2 is 2.17 bits per heavy atom. The van der Waals surface area contributed by atoms with Gasteiger partial charge in [0.15, 0.2) is 6.61 Å². The predicted molar refractivity (Wildman–Crippen MR) is 84.6 cm³/mol. The van der Waals surface area contributed by atoms with Crippen LogP contribution >= 0.6 is 15.9 Å². The van der Waals surface area contributed by atoms with Gasteiger partial charge in [0.25, 0.3) is 5.91 Å². The molecule has 0 fully saturated rings. The molecule has 0 saturated heterocycles. The van der Waals surface area contributed by atoms with E-state index in [9.17, 15) is 14.0 Å². The van der Waals surface area contributed by atoms with E-state index in [2.05, 4.69) is 21.2 Å². The maximum Gasteiger partial charge on any atom is 0.331 e. The standard InChI is InChI=1S/C16H13BrFNO4/c17-12-4-5-14(18)11(8-12)3-6-16(21)23-10-15(20)19-9-13-2-1-7-22-13/h1-8H,9-10H2,(H,19,20)/b6-3+. The molecule has 0 radical (unpaired) electrons. The Morgan fingerprint density at radius 1 is 1.35 bits per heavy atom. The number of furan rings is 1. The first-order chi connectivity index (χ1) is 11.0. The van der Waals surface area contributed by atoms with Crippen molar-refractivity contribution in [1.29, 1.82) is 0 Å². The number of rotatable bonds is 6. The summed E-state index contributed by atoms with van der Waals surface area (Å²) in [6.07, 6.45) is 3.83. The van der Waals surface area contributed by atoms with E-state index >= 15 is 0 Å². The number of ether oxygens (including phenoxy) is 1. The number of carbonyl (C=O) groups is 2. The molecule has 0 aliphatic rings. The summed E-state index contributed by atoms with van der Waals surface area (Å²) < 4.78 is 24.0. The van der Waals surface area contributed by atoms with Gasteiger partial charge in [-0.3, -0.25) is 4.79 Å². The van der Waals surface area contributed by atoms with Crippen LogP contribution in [0.4, 0.5) is 4.39 Å². The first-order valence-electron chi connectivity index (χ1n) is 6.63. The molecule has 0 saturated carbocycles. The Bertz CT molecular complexity index is 713. The van der Waals surface area contributed by atoms with Gasteiger partial charge in [-0.15, -0.1) is 0 Å². The quantitative estimate of drug-likeness (QED) is 0.616. The van der Waals surface area contributed by atoms with Crippen LogP contribution in [-0.2, 0) is 20.9 Å². The summed E-state index contributed by atoms with van der Waals surface area (Å²) >= 11 is 3.21. The Kier molecular flexibility index (Phi) is 6.10. The van der Waals surface area contributed by atoms with E-state index < -0.39 is 24.3 Å². The normalized spacial score (nSPS) is 10.7. The number of carbonyl (C=O) groups excluding carboxylic acids is 2. The van der Waals surface area contributed by atoms with Crippen LogP contribution in [0, 0.1) is 5.82 Å². The first-order valence-corrected chi connectivity index (χ1v) is 7.43. The molecule has 1 amide bonds. The van der Waals surface area contributed by atoms with Crippen molar-refractivity contribution in [2.75, 3.05) is 6.61 Å². The van der Waals surface area contributed by atoms with E-state index in [-0.39, 0.29) is 12.1 Å². The fraction of sp³-hybridized carbons (Fsp3) is 0.125. The van der Waals surface area contributed by atoms with Crippen LogP contribution in [0.1, 0.15) is 11.3 Å². The SMILES string of the molecule is O=C(COC(=O)/C=C/c1cc(Br)ccc1F)NCc1ccco1. The van der Waals surface area contributed by atoms with Gasteiger partial charge in [0.2, 0.25) is 0 Å². The minimum atomic E-state index is -0.738. The van der Waals surface area contributed by atoms with Crippen molar-refractivity contribution in [3.8, 4) is 0 Å². The second kappa shape index (κ2) is 8.28. The predicted octanol–water partition coefficient (Wildman–Crippen LogP) is 3.05. The van der Waals surface area contributed by atoms with Crippen molar-refractivity contribution in [1.82, 2.24) is 5.32 Å². The topological polar surface area (TPSA) is 68.5 Å². The van der Waals surface area contributed by atoms with Crippen molar-refractivity contribution >= 4 is 33.9 Å². The lowest BCUT2D eigenvalue weighted by Gasteiger charge is -2.03. The van der Waals surface area contributed by atoms with Gasteiger partial charge in [0.05, 0.1) is 12.8 Å². The number of esters is 1. The number of nitrogens with one attached hydrogen (secondary N) is 1. The van der Waals surface area contributed by atoms with Crippen LogP contribution in [0.3, 0.4) is 0 Å². The van der Waals surface area contributed by atoms with Gasteiger partial charge in [-0.2, -0.15) is 0 Å². The Hall–Kier alpha value is -2.41. The molecule has 1 heterocycles. The first kappa shape index (κ1) is 17.0. The molecule has 1 N–H and O–H groups in total. The molecular weight excluding hydrogens is 369 g/mol. The molecule has 120 valence electrons. The Balaban J connectivity index is 1.77. The summed E-state index contributed by atoms with van der Waals surface area (Å²) in [6.45, 7) is -0.215. The number of amides is 1. The zero-order valence-corrected chi connectivity index (χ0v) is 13.5. The van der Waals surface area contributed by atoms with Crippen LogP contribution < -0.4 is 5.32 Å². The molecule has 0 atom stereocenters. The lowest BCUT2D eigenvalue weighted by molar-refractivity contribution is -0.143. The van der Waals surface area contributed by atoms with E-state index in [1.54, 1.807) is 18.2 Å². The van der Waals surface area contributed by atoms with E-state index in [4.69, 9.17) is 9.15 Å². The highest BCUT2D eigenvalue weighted by Crippen LogP contribution is 2.16. The summed E-state index contributed by atoms with van der Waals surface area (Å²) in [6, 6.07) is 7.76. The molecule has 0 spiro atoms. The average Bonchev–Trinajstić information content (AvgIpc) is 3.05. The van der Waals surface area contributed by atoms with Gasteiger partial charge < -0.3 is 14.5 Å². The molecule has 0 bridgehead atoms. The van der Waals surface area contributed by atoms with E-state index in [0.717, 1.165) is 6.08 Å². The minimum Gasteiger partial charge on any atom is -0.467 e. The maximum atomic E-state index is 13.5. The maximum absolute atomic E-state index is 13.5. The fourth-order valence-corrected chi connectivity index (χ4v) is 2.01.